The van der Waals surface area contributed by atoms with Crippen molar-refractivity contribution in [3.05, 3.63) is 53.1 Å². The summed E-state index contributed by atoms with van der Waals surface area (Å²) in [5.41, 5.74) is 6.56. The lowest BCUT2D eigenvalue weighted by molar-refractivity contribution is 0.341. The minimum atomic E-state index is 0.699. The zero-order valence-electron chi connectivity index (χ0n) is 12.3. The molecule has 0 saturated heterocycles. The number of rotatable bonds is 4. The molecule has 0 N–H and O–H groups in total. The van der Waals surface area contributed by atoms with E-state index in [9.17, 15) is 0 Å². The van der Waals surface area contributed by atoms with E-state index in [4.69, 9.17) is 4.74 Å². The average Bonchev–Trinajstić information content (AvgIpc) is 2.42. The molecule has 0 radical (unpaired) electrons. The Hall–Kier alpha value is -1.76. The van der Waals surface area contributed by atoms with Gasteiger partial charge in [0.05, 0.1) is 6.61 Å². The Kier molecular flexibility index (Phi) is 4.26. The second-order valence-electron chi connectivity index (χ2n) is 4.82. The molecule has 0 aliphatic heterocycles. The monoisotopic (exact) mass is 254 g/mol. The number of hydrogen-bond acceptors (Lipinski definition) is 1. The molecule has 0 spiro atoms. The van der Waals surface area contributed by atoms with Gasteiger partial charge in [0.2, 0.25) is 0 Å². The Morgan fingerprint density at radius 1 is 0.947 bits per heavy atom. The molecule has 0 fully saturated rings. The summed E-state index contributed by atoms with van der Waals surface area (Å²) in [5.74, 6) is 0.996. The van der Waals surface area contributed by atoms with Crippen LogP contribution in [0.25, 0.3) is 11.1 Å². The Balaban J connectivity index is 2.68. The molecule has 1 heteroatoms. The van der Waals surface area contributed by atoms with Crippen molar-refractivity contribution in [1.82, 2.24) is 0 Å². The van der Waals surface area contributed by atoms with Crippen molar-refractivity contribution in [2.75, 3.05) is 6.61 Å². The van der Waals surface area contributed by atoms with Crippen LogP contribution in [0.5, 0.6) is 5.75 Å². The summed E-state index contributed by atoms with van der Waals surface area (Å²) >= 11 is 0. The highest BCUT2D eigenvalue weighted by molar-refractivity contribution is 5.77. The fourth-order valence-electron chi connectivity index (χ4n) is 2.47. The zero-order chi connectivity index (χ0) is 13.8. The lowest BCUT2D eigenvalue weighted by atomic mass is 9.92. The Morgan fingerprint density at radius 3 is 2.37 bits per heavy atom. The summed E-state index contributed by atoms with van der Waals surface area (Å²) in [6.07, 6.45) is 1.02. The van der Waals surface area contributed by atoms with E-state index in [0.717, 1.165) is 12.2 Å². The van der Waals surface area contributed by atoms with Gasteiger partial charge in [-0.1, -0.05) is 37.3 Å². The number of hydrogen-bond donors (Lipinski definition) is 0. The maximum absolute atomic E-state index is 5.83. The van der Waals surface area contributed by atoms with Crippen LogP contribution in [0.4, 0.5) is 0 Å². The third kappa shape index (κ3) is 2.65. The number of ether oxygens (including phenoxy) is 1. The molecular formula is C18H22O. The van der Waals surface area contributed by atoms with Crippen LogP contribution in [0.1, 0.15) is 30.5 Å². The molecule has 2 aromatic rings. The van der Waals surface area contributed by atoms with Crippen molar-refractivity contribution in [2.24, 2.45) is 0 Å². The van der Waals surface area contributed by atoms with Gasteiger partial charge in [-0.25, -0.2) is 0 Å². The number of benzene rings is 2. The van der Waals surface area contributed by atoms with Crippen LogP contribution >= 0.6 is 0 Å². The second kappa shape index (κ2) is 5.92. The topological polar surface area (TPSA) is 9.23 Å². The molecule has 0 saturated carbocycles. The first-order valence-electron chi connectivity index (χ1n) is 7.00. The van der Waals surface area contributed by atoms with Gasteiger partial charge in [-0.2, -0.15) is 0 Å². The molecule has 0 heterocycles. The SMILES string of the molecule is CCOc1cccc(CC)c1-c1cccc(C)c1C. The molecule has 19 heavy (non-hydrogen) atoms. The maximum Gasteiger partial charge on any atom is 0.127 e. The first-order chi connectivity index (χ1) is 9.19. The molecule has 0 aliphatic carbocycles. The molecule has 2 aromatic carbocycles. The predicted molar refractivity (Wildman–Crippen MR) is 81.9 cm³/mol. The summed E-state index contributed by atoms with van der Waals surface area (Å²) in [6, 6.07) is 12.8. The van der Waals surface area contributed by atoms with Crippen molar-refractivity contribution in [2.45, 2.75) is 34.1 Å². The summed E-state index contributed by atoms with van der Waals surface area (Å²) in [7, 11) is 0. The molecule has 1 nitrogen and oxygen atoms in total. The summed E-state index contributed by atoms with van der Waals surface area (Å²) in [4.78, 5) is 0. The van der Waals surface area contributed by atoms with Crippen LogP contribution in [0.3, 0.4) is 0 Å². The minimum absolute atomic E-state index is 0.699. The van der Waals surface area contributed by atoms with Crippen LogP contribution in [0.2, 0.25) is 0 Å². The maximum atomic E-state index is 5.83. The highest BCUT2D eigenvalue weighted by Gasteiger charge is 2.13. The van der Waals surface area contributed by atoms with Crippen LogP contribution in [0, 0.1) is 13.8 Å². The molecule has 0 aromatic heterocycles. The Bertz CT molecular complexity index is 570. The third-order valence-corrected chi connectivity index (χ3v) is 3.67. The predicted octanol–water partition coefficient (Wildman–Crippen LogP) is 4.93. The van der Waals surface area contributed by atoms with E-state index >= 15 is 0 Å². The largest absolute Gasteiger partial charge is 0.493 e. The first-order valence-corrected chi connectivity index (χ1v) is 7.00. The van der Waals surface area contributed by atoms with Crippen molar-refractivity contribution < 1.29 is 4.74 Å². The van der Waals surface area contributed by atoms with Crippen LogP contribution in [0.15, 0.2) is 36.4 Å². The van der Waals surface area contributed by atoms with Gasteiger partial charge >= 0.3 is 0 Å². The van der Waals surface area contributed by atoms with E-state index in [-0.39, 0.29) is 0 Å². The lowest BCUT2D eigenvalue weighted by Crippen LogP contribution is -1.99. The van der Waals surface area contributed by atoms with Crippen LogP contribution in [-0.4, -0.2) is 6.61 Å². The third-order valence-electron chi connectivity index (χ3n) is 3.67. The number of aryl methyl sites for hydroxylation is 2. The molecular weight excluding hydrogens is 232 g/mol. The van der Waals surface area contributed by atoms with Gasteiger partial charge in [-0.05, 0) is 55.5 Å². The van der Waals surface area contributed by atoms with Gasteiger partial charge in [-0.15, -0.1) is 0 Å². The average molecular weight is 254 g/mol. The molecule has 0 amide bonds. The highest BCUT2D eigenvalue weighted by atomic mass is 16.5. The van der Waals surface area contributed by atoms with Crippen LogP contribution < -0.4 is 4.74 Å². The van der Waals surface area contributed by atoms with Gasteiger partial charge in [0.15, 0.2) is 0 Å². The molecule has 0 bridgehead atoms. The standard InChI is InChI=1S/C18H22O/c1-5-15-10-8-12-17(19-6-2)18(15)16-11-7-9-13(3)14(16)4/h7-12H,5-6H2,1-4H3. The Labute approximate surface area is 116 Å². The molecule has 0 aliphatic rings. The Morgan fingerprint density at radius 2 is 1.68 bits per heavy atom. The van der Waals surface area contributed by atoms with E-state index < -0.39 is 0 Å². The van der Waals surface area contributed by atoms with Crippen molar-refractivity contribution in [3.8, 4) is 16.9 Å². The van der Waals surface area contributed by atoms with Crippen molar-refractivity contribution in [3.63, 3.8) is 0 Å². The second-order valence-corrected chi connectivity index (χ2v) is 4.82. The highest BCUT2D eigenvalue weighted by Crippen LogP contribution is 2.36. The van der Waals surface area contributed by atoms with E-state index in [1.54, 1.807) is 0 Å². The van der Waals surface area contributed by atoms with Gasteiger partial charge in [0, 0.05) is 5.56 Å². The van der Waals surface area contributed by atoms with E-state index in [2.05, 4.69) is 57.2 Å². The van der Waals surface area contributed by atoms with Crippen molar-refractivity contribution >= 4 is 0 Å². The van der Waals surface area contributed by atoms with Gasteiger partial charge in [0.1, 0.15) is 5.75 Å². The quantitative estimate of drug-likeness (QED) is 0.751. The smallest absolute Gasteiger partial charge is 0.127 e. The molecule has 2 rings (SSSR count). The van der Waals surface area contributed by atoms with E-state index in [1.165, 1.54) is 27.8 Å². The summed E-state index contributed by atoms with van der Waals surface area (Å²) < 4.78 is 5.83. The van der Waals surface area contributed by atoms with E-state index in [0.29, 0.717) is 6.61 Å². The summed E-state index contributed by atoms with van der Waals surface area (Å²) in [6.45, 7) is 9.27. The normalized spacial score (nSPS) is 10.5. The summed E-state index contributed by atoms with van der Waals surface area (Å²) in [5, 5.41) is 0. The fourth-order valence-corrected chi connectivity index (χ4v) is 2.47. The molecule has 0 atom stereocenters. The van der Waals surface area contributed by atoms with Crippen LogP contribution in [-0.2, 0) is 6.42 Å². The molecule has 0 unspecified atom stereocenters. The fraction of sp³-hybridized carbons (Fsp3) is 0.333. The van der Waals surface area contributed by atoms with Gasteiger partial charge in [-0.3, -0.25) is 0 Å². The lowest BCUT2D eigenvalue weighted by Gasteiger charge is -2.17. The first kappa shape index (κ1) is 13.7. The minimum Gasteiger partial charge on any atom is -0.493 e. The zero-order valence-corrected chi connectivity index (χ0v) is 12.3. The van der Waals surface area contributed by atoms with Crippen molar-refractivity contribution in [1.29, 1.82) is 0 Å². The van der Waals surface area contributed by atoms with E-state index in [1.807, 2.05) is 6.92 Å². The van der Waals surface area contributed by atoms with Gasteiger partial charge in [0.25, 0.3) is 0 Å². The molecule has 100 valence electrons. The van der Waals surface area contributed by atoms with Gasteiger partial charge < -0.3 is 4.74 Å².